The number of benzene rings is 2. The van der Waals surface area contributed by atoms with Crippen LogP contribution in [0.25, 0.3) is 28.0 Å². The van der Waals surface area contributed by atoms with E-state index in [2.05, 4.69) is 10.6 Å². The highest BCUT2D eigenvalue weighted by Gasteiger charge is 2.18. The fourth-order valence-electron chi connectivity index (χ4n) is 4.13. The van der Waals surface area contributed by atoms with Crippen molar-refractivity contribution in [3.63, 3.8) is 0 Å². The van der Waals surface area contributed by atoms with E-state index in [-0.39, 0.29) is 5.91 Å². The Hall–Kier alpha value is -3.31. The number of carbonyl (C=O) groups excluding carboxylic acids is 1. The number of hydrogen-bond donors (Lipinski definition) is 0. The molecule has 5 nitrogen and oxygen atoms in total. The first-order valence-electron chi connectivity index (χ1n) is 11.2. The Morgan fingerprint density at radius 1 is 1.00 bits per heavy atom. The molecule has 0 aliphatic heterocycles. The molecule has 0 fully saturated rings. The van der Waals surface area contributed by atoms with Crippen molar-refractivity contribution >= 4 is 23.2 Å². The lowest BCUT2D eigenvalue weighted by Gasteiger charge is -2.18. The standard InChI is InChI=1S/C27H28ClN3O2/c1-4-30(5-2)26(32)17-15-24-27(19-10-13-21(33-3)14-11-19)29-25-16-12-20(18-31(24)25)22-8-6-7-9-23(22)28/h6-14,16,18H,4-5,15,17H2,1-3H3. The Bertz CT molecular complexity index is 1260. The number of imidazole rings is 1. The summed E-state index contributed by atoms with van der Waals surface area (Å²) in [6.07, 6.45) is 3.08. The Balaban J connectivity index is 1.80. The Morgan fingerprint density at radius 3 is 2.36 bits per heavy atom. The maximum Gasteiger partial charge on any atom is 0.222 e. The minimum atomic E-state index is 0.151. The van der Waals surface area contributed by atoms with Gasteiger partial charge in [-0.2, -0.15) is 0 Å². The number of pyridine rings is 1. The van der Waals surface area contributed by atoms with E-state index in [9.17, 15) is 4.79 Å². The lowest BCUT2D eigenvalue weighted by Crippen LogP contribution is -2.30. The third kappa shape index (κ3) is 4.74. The highest BCUT2D eigenvalue weighted by molar-refractivity contribution is 6.33. The van der Waals surface area contributed by atoms with Crippen LogP contribution in [0.5, 0.6) is 5.75 Å². The average Bonchev–Trinajstić information content (AvgIpc) is 3.21. The van der Waals surface area contributed by atoms with Crippen LogP contribution < -0.4 is 4.74 Å². The molecule has 6 heteroatoms. The third-order valence-corrected chi connectivity index (χ3v) is 6.29. The quantitative estimate of drug-likeness (QED) is 0.317. The van der Waals surface area contributed by atoms with Gasteiger partial charge in [-0.3, -0.25) is 4.79 Å². The van der Waals surface area contributed by atoms with Crippen molar-refractivity contribution in [2.75, 3.05) is 20.2 Å². The molecule has 0 aliphatic rings. The fourth-order valence-corrected chi connectivity index (χ4v) is 4.37. The number of fused-ring (bicyclic) bond motifs is 1. The van der Waals surface area contributed by atoms with Crippen molar-refractivity contribution in [1.29, 1.82) is 0 Å². The number of carbonyl (C=O) groups is 1. The Morgan fingerprint density at radius 2 is 1.70 bits per heavy atom. The smallest absolute Gasteiger partial charge is 0.222 e. The van der Waals surface area contributed by atoms with Gasteiger partial charge in [-0.1, -0.05) is 29.8 Å². The molecule has 0 saturated carbocycles. The molecule has 0 radical (unpaired) electrons. The number of hydrogen-bond acceptors (Lipinski definition) is 3. The van der Waals surface area contributed by atoms with Gasteiger partial charge in [0.1, 0.15) is 11.4 Å². The molecule has 2 aromatic heterocycles. The zero-order chi connectivity index (χ0) is 23.4. The summed E-state index contributed by atoms with van der Waals surface area (Å²) in [6.45, 7) is 5.44. The van der Waals surface area contributed by atoms with Gasteiger partial charge in [0, 0.05) is 41.9 Å². The van der Waals surface area contributed by atoms with Gasteiger partial charge in [0.25, 0.3) is 0 Å². The zero-order valence-electron chi connectivity index (χ0n) is 19.2. The number of amides is 1. The van der Waals surface area contributed by atoms with Crippen molar-refractivity contribution in [2.24, 2.45) is 0 Å². The first-order chi connectivity index (χ1) is 16.0. The van der Waals surface area contributed by atoms with Gasteiger partial charge in [-0.05, 0) is 68.3 Å². The molecule has 0 unspecified atom stereocenters. The van der Waals surface area contributed by atoms with E-state index < -0.39 is 0 Å². The predicted octanol–water partition coefficient (Wildman–Crippen LogP) is 6.13. The molecule has 0 N–H and O–H groups in total. The van der Waals surface area contributed by atoms with Crippen molar-refractivity contribution in [3.8, 4) is 28.1 Å². The van der Waals surface area contributed by atoms with E-state index in [0.29, 0.717) is 31.0 Å². The first kappa shape index (κ1) is 22.9. The summed E-state index contributed by atoms with van der Waals surface area (Å²) in [6, 6.07) is 19.7. The molecule has 0 bridgehead atoms. The lowest BCUT2D eigenvalue weighted by atomic mass is 10.1. The maximum atomic E-state index is 12.8. The van der Waals surface area contributed by atoms with Crippen molar-refractivity contribution in [1.82, 2.24) is 14.3 Å². The van der Waals surface area contributed by atoms with Crippen LogP contribution in [0.3, 0.4) is 0 Å². The molecule has 0 spiro atoms. The van der Waals surface area contributed by atoms with Crippen molar-refractivity contribution < 1.29 is 9.53 Å². The molecule has 0 saturated heterocycles. The van der Waals surface area contributed by atoms with Gasteiger partial charge in [-0.15, -0.1) is 0 Å². The van der Waals surface area contributed by atoms with Crippen LogP contribution in [0.1, 0.15) is 26.0 Å². The van der Waals surface area contributed by atoms with Gasteiger partial charge in [0.15, 0.2) is 0 Å². The van der Waals surface area contributed by atoms with E-state index in [1.807, 2.05) is 79.4 Å². The zero-order valence-corrected chi connectivity index (χ0v) is 20.0. The van der Waals surface area contributed by atoms with Crippen LogP contribution in [-0.4, -0.2) is 40.4 Å². The summed E-state index contributed by atoms with van der Waals surface area (Å²) < 4.78 is 7.40. The summed E-state index contributed by atoms with van der Waals surface area (Å²) in [7, 11) is 1.65. The second-order valence-electron chi connectivity index (χ2n) is 7.83. The Labute approximate surface area is 199 Å². The largest absolute Gasteiger partial charge is 0.497 e. The second kappa shape index (κ2) is 10.1. The monoisotopic (exact) mass is 461 g/mol. The molecule has 0 aliphatic carbocycles. The maximum absolute atomic E-state index is 12.8. The number of aromatic nitrogens is 2. The van der Waals surface area contributed by atoms with E-state index in [1.54, 1.807) is 7.11 Å². The van der Waals surface area contributed by atoms with Crippen LogP contribution in [0.2, 0.25) is 5.02 Å². The van der Waals surface area contributed by atoms with Gasteiger partial charge >= 0.3 is 0 Å². The molecule has 0 atom stereocenters. The molecule has 4 aromatic rings. The fraction of sp³-hybridized carbons (Fsp3) is 0.259. The van der Waals surface area contributed by atoms with E-state index in [0.717, 1.165) is 39.5 Å². The molecular formula is C27H28ClN3O2. The number of methoxy groups -OCH3 is 1. The number of aryl methyl sites for hydroxylation is 1. The summed E-state index contributed by atoms with van der Waals surface area (Å²) in [5.74, 6) is 0.944. The van der Waals surface area contributed by atoms with E-state index >= 15 is 0 Å². The van der Waals surface area contributed by atoms with Gasteiger partial charge in [0.2, 0.25) is 5.91 Å². The highest BCUT2D eigenvalue weighted by atomic mass is 35.5. The predicted molar refractivity (Wildman–Crippen MR) is 134 cm³/mol. The van der Waals surface area contributed by atoms with Gasteiger partial charge < -0.3 is 14.0 Å². The molecule has 4 rings (SSSR count). The highest BCUT2D eigenvalue weighted by Crippen LogP contribution is 2.31. The molecule has 2 aromatic carbocycles. The number of nitrogens with zero attached hydrogens (tertiary/aromatic N) is 3. The lowest BCUT2D eigenvalue weighted by molar-refractivity contribution is -0.130. The number of halogens is 1. The van der Waals surface area contributed by atoms with Crippen LogP contribution in [0.15, 0.2) is 66.9 Å². The summed E-state index contributed by atoms with van der Waals surface area (Å²) in [5, 5.41) is 0.700. The molecule has 1 amide bonds. The van der Waals surface area contributed by atoms with Crippen LogP contribution in [-0.2, 0) is 11.2 Å². The average molecular weight is 462 g/mol. The summed E-state index contributed by atoms with van der Waals surface area (Å²) in [5.41, 5.74) is 5.67. The topological polar surface area (TPSA) is 46.8 Å². The number of ether oxygens (including phenoxy) is 1. The van der Waals surface area contributed by atoms with Crippen LogP contribution in [0, 0.1) is 0 Å². The number of rotatable bonds is 8. The minimum absolute atomic E-state index is 0.151. The second-order valence-corrected chi connectivity index (χ2v) is 8.23. The Kier molecular flexibility index (Phi) is 6.99. The summed E-state index contributed by atoms with van der Waals surface area (Å²) >= 11 is 6.46. The van der Waals surface area contributed by atoms with Crippen molar-refractivity contribution in [2.45, 2.75) is 26.7 Å². The minimum Gasteiger partial charge on any atom is -0.497 e. The molecule has 33 heavy (non-hydrogen) atoms. The first-order valence-corrected chi connectivity index (χ1v) is 11.6. The molecule has 2 heterocycles. The SMILES string of the molecule is CCN(CC)C(=O)CCc1c(-c2ccc(OC)cc2)nc2ccc(-c3ccccc3Cl)cn12. The van der Waals surface area contributed by atoms with E-state index in [4.69, 9.17) is 21.3 Å². The van der Waals surface area contributed by atoms with Gasteiger partial charge in [0.05, 0.1) is 18.5 Å². The molecular weight excluding hydrogens is 434 g/mol. The summed E-state index contributed by atoms with van der Waals surface area (Å²) in [4.78, 5) is 19.6. The van der Waals surface area contributed by atoms with Crippen molar-refractivity contribution in [3.05, 3.63) is 77.6 Å². The normalized spacial score (nSPS) is 11.0. The van der Waals surface area contributed by atoms with Crippen LogP contribution in [0.4, 0.5) is 0 Å². The third-order valence-electron chi connectivity index (χ3n) is 5.96. The van der Waals surface area contributed by atoms with Gasteiger partial charge in [-0.25, -0.2) is 4.98 Å². The molecule has 170 valence electrons. The van der Waals surface area contributed by atoms with E-state index in [1.165, 1.54) is 0 Å². The van der Waals surface area contributed by atoms with Crippen LogP contribution >= 0.6 is 11.6 Å².